The fourth-order valence-electron chi connectivity index (χ4n) is 3.30. The van der Waals surface area contributed by atoms with Crippen LogP contribution in [0.5, 0.6) is 0 Å². The molecule has 0 aliphatic rings. The van der Waals surface area contributed by atoms with Crippen LogP contribution in [0.3, 0.4) is 0 Å². The van der Waals surface area contributed by atoms with Gasteiger partial charge in [-0.2, -0.15) is 0 Å². The van der Waals surface area contributed by atoms with Crippen molar-refractivity contribution < 1.29 is 37.4 Å². The summed E-state index contributed by atoms with van der Waals surface area (Å²) >= 11 is 0. The predicted molar refractivity (Wildman–Crippen MR) is 145 cm³/mol. The highest BCUT2D eigenvalue weighted by atomic mass is 32.2. The van der Waals surface area contributed by atoms with E-state index in [4.69, 9.17) is 9.84 Å². The summed E-state index contributed by atoms with van der Waals surface area (Å²) in [5.41, 5.74) is -0.202. The molecule has 0 bridgehead atoms. The van der Waals surface area contributed by atoms with Gasteiger partial charge >= 0.3 is 5.97 Å². The zero-order valence-electron chi connectivity index (χ0n) is 23.0. The minimum Gasteiger partial charge on any atom is -0.481 e. The zero-order valence-corrected chi connectivity index (χ0v) is 23.9. The highest BCUT2D eigenvalue weighted by Gasteiger charge is 2.35. The monoisotopic (exact) mass is 552 g/mol. The molecule has 11 heteroatoms. The normalized spacial score (nSPS) is 12.9. The van der Waals surface area contributed by atoms with Gasteiger partial charge in [-0.15, -0.1) is 0 Å². The summed E-state index contributed by atoms with van der Waals surface area (Å²) in [7, 11) is -3.73. The molecule has 38 heavy (non-hydrogen) atoms. The van der Waals surface area contributed by atoms with Crippen LogP contribution in [0, 0.1) is 0 Å². The molecule has 0 heterocycles. The number of ether oxygens (including phenoxy) is 1. The molecule has 1 atom stereocenters. The van der Waals surface area contributed by atoms with Gasteiger partial charge in [-0.25, -0.2) is 8.42 Å². The van der Waals surface area contributed by atoms with Gasteiger partial charge < -0.3 is 20.5 Å². The minimum atomic E-state index is -3.73. The van der Waals surface area contributed by atoms with E-state index in [1.54, 1.807) is 20.8 Å². The Kier molecular flexibility index (Phi) is 11.9. The van der Waals surface area contributed by atoms with E-state index < -0.39 is 55.5 Å². The topological polar surface area (TPSA) is 156 Å². The summed E-state index contributed by atoms with van der Waals surface area (Å²) in [6.07, 6.45) is -0.140. The van der Waals surface area contributed by atoms with Gasteiger partial charge in [0.15, 0.2) is 15.6 Å². The van der Waals surface area contributed by atoms with Gasteiger partial charge in [0.1, 0.15) is 6.04 Å². The summed E-state index contributed by atoms with van der Waals surface area (Å²) in [5.74, 6) is -3.30. The number of nitrogens with one attached hydrogen (secondary N) is 2. The van der Waals surface area contributed by atoms with Gasteiger partial charge in [0.05, 0.1) is 16.1 Å². The van der Waals surface area contributed by atoms with Crippen molar-refractivity contribution in [3.8, 4) is 0 Å². The SMILES string of the molecule is C=C(CS(=O)(=O)C(C)(C)CCOC(C)(C)C)C(=O)c1ccc(C(=O)N[C@@H](CCC(=O)O)C(=O)NCC)cc1. The summed E-state index contributed by atoms with van der Waals surface area (Å²) in [5, 5.41) is 14.0. The maximum absolute atomic E-state index is 13.0. The number of ketones is 1. The maximum Gasteiger partial charge on any atom is 0.303 e. The Bertz CT molecular complexity index is 1130. The van der Waals surface area contributed by atoms with Crippen molar-refractivity contribution in [3.63, 3.8) is 0 Å². The second kappa shape index (κ2) is 13.7. The third-order valence-electron chi connectivity index (χ3n) is 5.80. The van der Waals surface area contributed by atoms with E-state index in [1.807, 2.05) is 20.8 Å². The number of rotatable bonds is 15. The van der Waals surface area contributed by atoms with Crippen molar-refractivity contribution in [1.29, 1.82) is 0 Å². The summed E-state index contributed by atoms with van der Waals surface area (Å²) in [4.78, 5) is 48.6. The Hall–Kier alpha value is -3.05. The summed E-state index contributed by atoms with van der Waals surface area (Å²) in [6, 6.07) is 4.43. The molecule has 2 amide bonds. The second-order valence-electron chi connectivity index (χ2n) is 10.6. The number of benzene rings is 1. The molecule has 0 aliphatic carbocycles. The van der Waals surface area contributed by atoms with E-state index in [9.17, 15) is 27.6 Å². The van der Waals surface area contributed by atoms with E-state index in [1.165, 1.54) is 24.3 Å². The lowest BCUT2D eigenvalue weighted by molar-refractivity contribution is -0.137. The Morgan fingerprint density at radius 1 is 1.03 bits per heavy atom. The molecule has 10 nitrogen and oxygen atoms in total. The molecule has 0 aromatic heterocycles. The standard InChI is InChI=1S/C27H40N2O8S/c1-8-28-25(34)21(13-14-22(30)31)29-24(33)20-11-9-19(10-12-20)23(32)18(2)17-38(35,36)27(6,7)15-16-37-26(3,4)5/h9-12,21H,2,8,13-17H2,1,3-7H3,(H,28,34)(H,29,33)(H,30,31)/t21-/m0/s1. The first-order valence-corrected chi connectivity index (χ1v) is 14.0. The van der Waals surface area contributed by atoms with Crippen LogP contribution in [-0.4, -0.2) is 72.4 Å². The number of carboxylic acid groups (broad SMARTS) is 1. The Morgan fingerprint density at radius 2 is 1.58 bits per heavy atom. The van der Waals surface area contributed by atoms with Gasteiger partial charge in [-0.05, 0) is 66.5 Å². The molecule has 212 valence electrons. The van der Waals surface area contributed by atoms with Gasteiger partial charge in [-0.1, -0.05) is 18.7 Å². The number of carbonyl (C=O) groups excluding carboxylic acids is 3. The first kappa shape index (κ1) is 33.0. The first-order chi connectivity index (χ1) is 17.4. The van der Waals surface area contributed by atoms with Gasteiger partial charge in [0.2, 0.25) is 5.91 Å². The number of sulfone groups is 1. The molecular weight excluding hydrogens is 512 g/mol. The lowest BCUT2D eigenvalue weighted by Crippen LogP contribution is -2.46. The quantitative estimate of drug-likeness (QED) is 0.221. The molecular formula is C27H40N2O8S. The van der Waals surface area contributed by atoms with Crippen LogP contribution in [0.1, 0.15) is 81.5 Å². The first-order valence-electron chi connectivity index (χ1n) is 12.4. The van der Waals surface area contributed by atoms with Gasteiger partial charge in [0, 0.05) is 36.3 Å². The van der Waals surface area contributed by atoms with Crippen LogP contribution in [0.25, 0.3) is 0 Å². The number of carbonyl (C=O) groups is 4. The molecule has 0 saturated carbocycles. The third-order valence-corrected chi connectivity index (χ3v) is 8.41. The predicted octanol–water partition coefficient (Wildman–Crippen LogP) is 2.92. The van der Waals surface area contributed by atoms with E-state index in [0.717, 1.165) is 0 Å². The second-order valence-corrected chi connectivity index (χ2v) is 13.2. The molecule has 0 radical (unpaired) electrons. The van der Waals surface area contributed by atoms with E-state index in [0.29, 0.717) is 6.54 Å². The Balaban J connectivity index is 2.89. The third kappa shape index (κ3) is 10.4. The highest BCUT2D eigenvalue weighted by molar-refractivity contribution is 7.93. The van der Waals surface area contributed by atoms with Gasteiger partial charge in [0.25, 0.3) is 5.91 Å². The largest absolute Gasteiger partial charge is 0.481 e. The number of hydrogen-bond donors (Lipinski definition) is 3. The number of amides is 2. The zero-order chi connectivity index (χ0) is 29.3. The highest BCUT2D eigenvalue weighted by Crippen LogP contribution is 2.25. The van der Waals surface area contributed by atoms with Crippen LogP contribution < -0.4 is 10.6 Å². The number of aliphatic carboxylic acids is 1. The van der Waals surface area contributed by atoms with Crippen molar-refractivity contribution in [2.24, 2.45) is 0 Å². The molecule has 0 saturated heterocycles. The fraction of sp³-hybridized carbons (Fsp3) is 0.556. The van der Waals surface area contributed by atoms with Crippen molar-refractivity contribution >= 4 is 33.4 Å². The number of Topliss-reactive ketones (excluding diaryl/α,β-unsaturated/α-hetero) is 1. The van der Waals surface area contributed by atoms with E-state index in [2.05, 4.69) is 17.2 Å². The van der Waals surface area contributed by atoms with Crippen LogP contribution in [0.2, 0.25) is 0 Å². The van der Waals surface area contributed by atoms with Crippen molar-refractivity contribution in [1.82, 2.24) is 10.6 Å². The smallest absolute Gasteiger partial charge is 0.303 e. The Morgan fingerprint density at radius 3 is 2.08 bits per heavy atom. The van der Waals surface area contributed by atoms with Crippen molar-refractivity contribution in [2.45, 2.75) is 77.2 Å². The molecule has 1 aromatic rings. The van der Waals surface area contributed by atoms with Gasteiger partial charge in [-0.3, -0.25) is 19.2 Å². The average molecular weight is 553 g/mol. The van der Waals surface area contributed by atoms with E-state index >= 15 is 0 Å². The lowest BCUT2D eigenvalue weighted by atomic mass is 10.0. The summed E-state index contributed by atoms with van der Waals surface area (Å²) < 4.78 is 30.5. The molecule has 0 fully saturated rings. The molecule has 1 aromatic carbocycles. The number of hydrogen-bond acceptors (Lipinski definition) is 7. The van der Waals surface area contributed by atoms with Crippen LogP contribution in [0.4, 0.5) is 0 Å². The van der Waals surface area contributed by atoms with Crippen LogP contribution >= 0.6 is 0 Å². The Labute approximate surface area is 225 Å². The molecule has 1 rings (SSSR count). The lowest BCUT2D eigenvalue weighted by Gasteiger charge is -2.27. The molecule has 0 aliphatic heterocycles. The molecule has 0 spiro atoms. The summed E-state index contributed by atoms with van der Waals surface area (Å²) in [6.45, 7) is 14.8. The van der Waals surface area contributed by atoms with Crippen molar-refractivity contribution in [3.05, 3.63) is 47.5 Å². The maximum atomic E-state index is 13.0. The average Bonchev–Trinajstić information content (AvgIpc) is 2.79. The van der Waals surface area contributed by atoms with Crippen LogP contribution in [0.15, 0.2) is 36.4 Å². The number of likely N-dealkylation sites (N-methyl/N-ethyl adjacent to an activating group) is 1. The molecule has 0 unspecified atom stereocenters. The number of carboxylic acids is 1. The van der Waals surface area contributed by atoms with E-state index in [-0.39, 0.29) is 42.6 Å². The van der Waals surface area contributed by atoms with Crippen LogP contribution in [-0.2, 0) is 24.2 Å². The minimum absolute atomic E-state index is 0.0869. The molecule has 3 N–H and O–H groups in total. The fourth-order valence-corrected chi connectivity index (χ4v) is 4.68. The van der Waals surface area contributed by atoms with Crippen molar-refractivity contribution in [2.75, 3.05) is 18.9 Å².